The Morgan fingerprint density at radius 1 is 1.28 bits per heavy atom. The average molecular weight is 487 g/mol. The number of nitrogen functional groups attached to an aromatic ring is 1. The van der Waals surface area contributed by atoms with Gasteiger partial charge in [-0.3, -0.25) is 9.80 Å². The zero-order valence-corrected chi connectivity index (χ0v) is 19.6. The molecule has 0 saturated heterocycles. The van der Waals surface area contributed by atoms with E-state index < -0.39 is 5.92 Å². The Bertz CT molecular complexity index is 1500. The lowest BCUT2D eigenvalue weighted by Gasteiger charge is -2.16. The number of nitrogens with one attached hydrogen (secondary N) is 2. The summed E-state index contributed by atoms with van der Waals surface area (Å²) in [6.07, 6.45) is 8.80. The molecule has 3 aromatic heterocycles. The van der Waals surface area contributed by atoms with Crippen LogP contribution in [0.3, 0.4) is 0 Å². The molecule has 4 aromatic rings. The van der Waals surface area contributed by atoms with E-state index in [1.165, 1.54) is 17.1 Å². The maximum atomic E-state index is 13.3. The van der Waals surface area contributed by atoms with E-state index in [4.69, 9.17) is 16.2 Å². The molecule has 0 aliphatic carbocycles. The smallest absolute Gasteiger partial charge is 0.237 e. The molecule has 0 fully saturated rings. The number of hydrogen-bond acceptors (Lipinski definition) is 8. The second-order valence-corrected chi connectivity index (χ2v) is 8.61. The number of aromatic nitrogens is 5. The average Bonchev–Trinajstić information content (AvgIpc) is 3.45. The van der Waals surface area contributed by atoms with Crippen LogP contribution in [0, 0.1) is 11.3 Å². The fraction of sp³-hybridized carbons (Fsp3) is 0.208. The van der Waals surface area contributed by atoms with Crippen LogP contribution in [0.25, 0.3) is 17.2 Å². The monoisotopic (exact) mass is 486 g/mol. The van der Waals surface area contributed by atoms with Crippen LogP contribution in [0.4, 0.5) is 16.0 Å². The second-order valence-electron chi connectivity index (χ2n) is 8.61. The van der Waals surface area contributed by atoms with Gasteiger partial charge in [-0.15, -0.1) is 0 Å². The highest BCUT2D eigenvalue weighted by Crippen LogP contribution is 2.37. The van der Waals surface area contributed by atoms with Gasteiger partial charge in [-0.1, -0.05) is 17.4 Å². The zero-order chi connectivity index (χ0) is 25.4. The number of nitrogens with zero attached hydrogens (tertiary/aromatic N) is 7. The number of fused-ring (bicyclic) bond motifs is 2. The van der Waals surface area contributed by atoms with Gasteiger partial charge in [-0.25, -0.2) is 24.3 Å². The molecule has 1 atom stereocenters. The molecule has 1 aliphatic rings. The molecule has 0 spiro atoms. The number of nitrogens with two attached hydrogens (primary N) is 1. The summed E-state index contributed by atoms with van der Waals surface area (Å²) in [4.78, 5) is 30.8. The van der Waals surface area contributed by atoms with E-state index in [0.717, 1.165) is 5.56 Å². The number of imidazole rings is 1. The van der Waals surface area contributed by atoms with Crippen LogP contribution in [0.15, 0.2) is 60.4 Å². The van der Waals surface area contributed by atoms with Crippen molar-refractivity contribution in [3.8, 4) is 11.5 Å². The van der Waals surface area contributed by atoms with Crippen LogP contribution in [-0.4, -0.2) is 41.3 Å². The first-order valence-corrected chi connectivity index (χ1v) is 11.2. The molecule has 4 N–H and O–H groups in total. The van der Waals surface area contributed by atoms with Crippen molar-refractivity contribution in [3.05, 3.63) is 77.8 Å². The van der Waals surface area contributed by atoms with Gasteiger partial charge >= 0.3 is 0 Å². The van der Waals surface area contributed by atoms with E-state index in [2.05, 4.69) is 25.5 Å². The second kappa shape index (κ2) is 9.13. The van der Waals surface area contributed by atoms with Crippen molar-refractivity contribution >= 4 is 23.2 Å². The van der Waals surface area contributed by atoms with Crippen LogP contribution in [0.1, 0.15) is 36.6 Å². The molecule has 4 heterocycles. The molecule has 12 heteroatoms. The first kappa shape index (κ1) is 23.0. The summed E-state index contributed by atoms with van der Waals surface area (Å²) in [5, 5.41) is 7.62. The van der Waals surface area contributed by atoms with Gasteiger partial charge in [0.1, 0.15) is 23.1 Å². The van der Waals surface area contributed by atoms with E-state index in [9.17, 15) is 9.18 Å². The number of benzene rings is 1. The third kappa shape index (κ3) is 4.24. The quantitative estimate of drug-likeness (QED) is 0.266. The Balaban J connectivity index is 1.52. The number of rotatable bonds is 7. The number of anilines is 2. The Hall–Kier alpha value is -4.74. The summed E-state index contributed by atoms with van der Waals surface area (Å²) < 4.78 is 15.2. The van der Waals surface area contributed by atoms with Crippen LogP contribution < -0.4 is 11.1 Å². The maximum Gasteiger partial charge on any atom is 0.237 e. The molecule has 0 bridgehead atoms. The fourth-order valence-electron chi connectivity index (χ4n) is 4.03. The van der Waals surface area contributed by atoms with Crippen molar-refractivity contribution < 1.29 is 9.18 Å². The molecule has 1 amide bonds. The number of hydrogen-bond donors (Lipinski definition) is 3. The molecular weight excluding hydrogens is 463 g/mol. The van der Waals surface area contributed by atoms with Crippen LogP contribution >= 0.6 is 0 Å². The zero-order valence-electron chi connectivity index (χ0n) is 19.6. The van der Waals surface area contributed by atoms with Gasteiger partial charge in [0.2, 0.25) is 5.91 Å². The minimum Gasteiger partial charge on any atom is -0.383 e. The van der Waals surface area contributed by atoms with Crippen LogP contribution in [0.5, 0.6) is 0 Å². The standard InChI is InChI=1S/C24H23FN10O/c1-13(2)35(33-27)9-7-16-19-20(26)30-21(31-22(19)32-24(16)36)18-12-34-10-8-28-23(34)17(29-18)11-14-3-5-15(25)6-4-14/h3-10,12-13,16,27H,11H2,1-2H3,(H3,26,30,31,32,36)/b9-7+,33-27?. The van der Waals surface area contributed by atoms with Crippen molar-refractivity contribution in [2.24, 2.45) is 5.22 Å². The Kier molecular flexibility index (Phi) is 5.84. The summed E-state index contributed by atoms with van der Waals surface area (Å²) in [5.41, 5.74) is 16.7. The van der Waals surface area contributed by atoms with Gasteiger partial charge in [-0.05, 0) is 37.6 Å². The van der Waals surface area contributed by atoms with E-state index in [-0.39, 0.29) is 29.4 Å². The number of carbonyl (C=O) groups is 1. The fourth-order valence-corrected chi connectivity index (χ4v) is 4.03. The number of halogens is 1. The predicted molar refractivity (Wildman–Crippen MR) is 130 cm³/mol. The Morgan fingerprint density at radius 2 is 2.06 bits per heavy atom. The lowest BCUT2D eigenvalue weighted by molar-refractivity contribution is -0.116. The van der Waals surface area contributed by atoms with Gasteiger partial charge in [0, 0.05) is 37.3 Å². The highest BCUT2D eigenvalue weighted by Gasteiger charge is 2.34. The number of amides is 1. The predicted octanol–water partition coefficient (Wildman–Crippen LogP) is 3.70. The molecule has 36 heavy (non-hydrogen) atoms. The van der Waals surface area contributed by atoms with Crippen molar-refractivity contribution in [2.45, 2.75) is 32.2 Å². The van der Waals surface area contributed by atoms with Crippen molar-refractivity contribution in [2.75, 3.05) is 11.1 Å². The lowest BCUT2D eigenvalue weighted by Crippen LogP contribution is -2.19. The molecule has 1 aliphatic heterocycles. The number of carbonyl (C=O) groups excluding carboxylic acids is 1. The topological polar surface area (TPSA) is 151 Å². The maximum absolute atomic E-state index is 13.3. The molecule has 5 rings (SSSR count). The lowest BCUT2D eigenvalue weighted by atomic mass is 10.0. The molecular formula is C24H23FN10O. The first-order chi connectivity index (χ1) is 17.3. The highest BCUT2D eigenvalue weighted by molar-refractivity contribution is 6.04. The van der Waals surface area contributed by atoms with E-state index in [1.54, 1.807) is 43.0 Å². The van der Waals surface area contributed by atoms with Crippen molar-refractivity contribution in [3.63, 3.8) is 0 Å². The summed E-state index contributed by atoms with van der Waals surface area (Å²) in [7, 11) is 0. The summed E-state index contributed by atoms with van der Waals surface area (Å²) >= 11 is 0. The van der Waals surface area contributed by atoms with Crippen LogP contribution in [0.2, 0.25) is 0 Å². The van der Waals surface area contributed by atoms with Crippen molar-refractivity contribution in [1.82, 2.24) is 29.3 Å². The van der Waals surface area contributed by atoms with E-state index in [0.29, 0.717) is 34.8 Å². The largest absolute Gasteiger partial charge is 0.383 e. The molecule has 182 valence electrons. The van der Waals surface area contributed by atoms with Gasteiger partial charge in [-0.2, -0.15) is 5.53 Å². The minimum atomic E-state index is -0.713. The summed E-state index contributed by atoms with van der Waals surface area (Å²) in [6, 6.07) is 6.15. The van der Waals surface area contributed by atoms with Gasteiger partial charge in [0.05, 0.1) is 17.2 Å². The van der Waals surface area contributed by atoms with E-state index in [1.807, 2.05) is 18.2 Å². The SMILES string of the molecule is CC(C)N(/C=C/C1C(=O)Nc2nc(-c3cn4ccnc4c(Cc4ccc(F)cc4)n3)nc(N)c21)N=N. The summed E-state index contributed by atoms with van der Waals surface area (Å²) in [5.74, 6) is -0.622. The van der Waals surface area contributed by atoms with E-state index >= 15 is 0 Å². The first-order valence-electron chi connectivity index (χ1n) is 11.2. The van der Waals surface area contributed by atoms with Gasteiger partial charge in [0.15, 0.2) is 11.5 Å². The molecule has 0 radical (unpaired) electrons. The van der Waals surface area contributed by atoms with Gasteiger partial charge < -0.3 is 15.5 Å². The minimum absolute atomic E-state index is 0.0491. The molecule has 0 saturated carbocycles. The third-order valence-corrected chi connectivity index (χ3v) is 5.84. The van der Waals surface area contributed by atoms with Gasteiger partial charge in [0.25, 0.3) is 0 Å². The van der Waals surface area contributed by atoms with Crippen molar-refractivity contribution in [1.29, 1.82) is 5.53 Å². The Labute approximate surface area is 205 Å². The summed E-state index contributed by atoms with van der Waals surface area (Å²) in [6.45, 7) is 3.76. The Morgan fingerprint density at radius 3 is 2.78 bits per heavy atom. The molecule has 1 unspecified atom stereocenters. The third-order valence-electron chi connectivity index (χ3n) is 5.84. The normalized spacial score (nSPS) is 15.0. The van der Waals surface area contributed by atoms with Crippen LogP contribution in [-0.2, 0) is 11.2 Å². The highest BCUT2D eigenvalue weighted by atomic mass is 19.1. The molecule has 1 aromatic carbocycles. The molecule has 11 nitrogen and oxygen atoms in total.